The van der Waals surface area contributed by atoms with Crippen LogP contribution in [0.5, 0.6) is 0 Å². The van der Waals surface area contributed by atoms with Crippen LogP contribution in [0, 0.1) is 0 Å². The molecule has 5 nitrogen and oxygen atoms in total. The lowest BCUT2D eigenvalue weighted by atomic mass is 10.3. The summed E-state index contributed by atoms with van der Waals surface area (Å²) in [6.07, 6.45) is 6.97. The molecule has 0 aromatic carbocycles. The van der Waals surface area contributed by atoms with Crippen LogP contribution in [0.3, 0.4) is 0 Å². The molecule has 0 bridgehead atoms. The number of pyridine rings is 1. The summed E-state index contributed by atoms with van der Waals surface area (Å²) in [4.78, 5) is 3.99. The minimum absolute atomic E-state index is 0.0863. The second kappa shape index (κ2) is 5.65. The van der Waals surface area contributed by atoms with E-state index in [1.165, 1.54) is 0 Å². The van der Waals surface area contributed by atoms with Gasteiger partial charge in [0.25, 0.3) is 0 Å². The van der Waals surface area contributed by atoms with Crippen molar-refractivity contribution in [3.05, 3.63) is 41.4 Å². The number of halogens is 1. The summed E-state index contributed by atoms with van der Waals surface area (Å²) in [5, 5.41) is 16.7. The van der Waals surface area contributed by atoms with Crippen molar-refractivity contribution in [2.45, 2.75) is 13.1 Å². The Labute approximate surface area is 104 Å². The molecule has 90 valence electrons. The summed E-state index contributed by atoms with van der Waals surface area (Å²) in [7, 11) is 0. The molecule has 0 aliphatic rings. The van der Waals surface area contributed by atoms with E-state index in [1.807, 2.05) is 6.20 Å². The van der Waals surface area contributed by atoms with Crippen molar-refractivity contribution in [3.8, 4) is 0 Å². The maximum absolute atomic E-state index is 8.77. The van der Waals surface area contributed by atoms with E-state index in [1.54, 1.807) is 29.3 Å². The van der Waals surface area contributed by atoms with Crippen LogP contribution in [0.4, 0.5) is 5.69 Å². The van der Waals surface area contributed by atoms with Crippen molar-refractivity contribution in [1.29, 1.82) is 0 Å². The molecule has 2 aromatic heterocycles. The number of hydrogen-bond donors (Lipinski definition) is 2. The highest BCUT2D eigenvalue weighted by Gasteiger charge is 2.01. The highest BCUT2D eigenvalue weighted by molar-refractivity contribution is 6.33. The zero-order valence-corrected chi connectivity index (χ0v) is 9.93. The maximum Gasteiger partial charge on any atom is 0.0718 e. The first-order chi connectivity index (χ1) is 8.29. The fourth-order valence-corrected chi connectivity index (χ4v) is 1.60. The summed E-state index contributed by atoms with van der Waals surface area (Å²) < 4.78 is 1.70. The number of rotatable bonds is 5. The van der Waals surface area contributed by atoms with Crippen LogP contribution in [0.25, 0.3) is 0 Å². The summed E-state index contributed by atoms with van der Waals surface area (Å²) >= 11 is 5.99. The molecule has 0 saturated carbocycles. The van der Waals surface area contributed by atoms with Gasteiger partial charge in [-0.2, -0.15) is 5.10 Å². The SMILES string of the molecule is OCCn1cc(CNc2cnccc2Cl)cn1. The lowest BCUT2D eigenvalue weighted by Crippen LogP contribution is -2.02. The molecule has 0 aliphatic carbocycles. The highest BCUT2D eigenvalue weighted by Crippen LogP contribution is 2.19. The zero-order valence-electron chi connectivity index (χ0n) is 9.17. The minimum Gasteiger partial charge on any atom is -0.394 e. The Balaban J connectivity index is 1.95. The number of nitrogens with one attached hydrogen (secondary N) is 1. The molecule has 2 rings (SSSR count). The van der Waals surface area contributed by atoms with Gasteiger partial charge in [-0.15, -0.1) is 0 Å². The standard InChI is InChI=1S/C11H13ClN4O/c12-10-1-2-13-7-11(10)14-5-9-6-15-16(8-9)3-4-17/h1-2,6-8,14,17H,3-5H2. The lowest BCUT2D eigenvalue weighted by Gasteiger charge is -2.05. The van der Waals surface area contributed by atoms with Crippen molar-refractivity contribution < 1.29 is 5.11 Å². The van der Waals surface area contributed by atoms with Gasteiger partial charge in [0.2, 0.25) is 0 Å². The molecule has 2 N–H and O–H groups in total. The molecule has 6 heteroatoms. The lowest BCUT2D eigenvalue weighted by molar-refractivity contribution is 0.269. The van der Waals surface area contributed by atoms with Crippen LogP contribution in [0.2, 0.25) is 5.02 Å². The molecule has 0 amide bonds. The Bertz CT molecular complexity index is 486. The van der Waals surface area contributed by atoms with Crippen molar-refractivity contribution in [1.82, 2.24) is 14.8 Å². The number of aliphatic hydroxyl groups excluding tert-OH is 1. The molecule has 2 aromatic rings. The molecule has 0 radical (unpaired) electrons. The predicted octanol–water partition coefficient (Wildman–Crippen LogP) is 1.54. The minimum atomic E-state index is 0.0863. The largest absolute Gasteiger partial charge is 0.394 e. The van der Waals surface area contributed by atoms with Crippen LogP contribution in [0.1, 0.15) is 5.56 Å². The van der Waals surface area contributed by atoms with Gasteiger partial charge in [0.1, 0.15) is 0 Å². The maximum atomic E-state index is 8.77. The average Bonchev–Trinajstić information content (AvgIpc) is 2.76. The zero-order chi connectivity index (χ0) is 12.1. The van der Waals surface area contributed by atoms with Crippen LogP contribution in [-0.2, 0) is 13.1 Å². The molecule has 0 unspecified atom stereocenters. The van der Waals surface area contributed by atoms with Gasteiger partial charge in [-0.05, 0) is 6.07 Å². The normalized spacial score (nSPS) is 10.5. The van der Waals surface area contributed by atoms with E-state index < -0.39 is 0 Å². The number of aliphatic hydroxyl groups is 1. The van der Waals surface area contributed by atoms with E-state index >= 15 is 0 Å². The van der Waals surface area contributed by atoms with Gasteiger partial charge in [0, 0.05) is 24.5 Å². The first kappa shape index (κ1) is 11.9. The Kier molecular flexibility index (Phi) is 3.95. The smallest absolute Gasteiger partial charge is 0.0718 e. The van der Waals surface area contributed by atoms with Gasteiger partial charge in [-0.3, -0.25) is 9.67 Å². The summed E-state index contributed by atoms with van der Waals surface area (Å²) in [5.74, 6) is 0. The van der Waals surface area contributed by atoms with Crippen molar-refractivity contribution in [3.63, 3.8) is 0 Å². The monoisotopic (exact) mass is 252 g/mol. The van der Waals surface area contributed by atoms with Crippen LogP contribution in [0.15, 0.2) is 30.9 Å². The molecule has 0 aliphatic heterocycles. The van der Waals surface area contributed by atoms with E-state index in [2.05, 4.69) is 15.4 Å². The summed E-state index contributed by atoms with van der Waals surface area (Å²) in [6, 6.07) is 1.74. The molecule has 17 heavy (non-hydrogen) atoms. The Morgan fingerprint density at radius 2 is 2.29 bits per heavy atom. The topological polar surface area (TPSA) is 63.0 Å². The van der Waals surface area contributed by atoms with Crippen LogP contribution < -0.4 is 5.32 Å². The number of aromatic nitrogens is 3. The molecular weight excluding hydrogens is 240 g/mol. The third-order valence-electron chi connectivity index (χ3n) is 2.27. The molecule has 2 heterocycles. The molecule has 0 atom stereocenters. The van der Waals surface area contributed by atoms with E-state index in [-0.39, 0.29) is 6.61 Å². The van der Waals surface area contributed by atoms with Crippen molar-refractivity contribution in [2.24, 2.45) is 0 Å². The van der Waals surface area contributed by atoms with E-state index in [9.17, 15) is 0 Å². The van der Waals surface area contributed by atoms with Crippen LogP contribution in [-0.4, -0.2) is 26.5 Å². The van der Waals surface area contributed by atoms with Crippen LogP contribution >= 0.6 is 11.6 Å². The van der Waals surface area contributed by atoms with Gasteiger partial charge in [-0.1, -0.05) is 11.6 Å². The third kappa shape index (κ3) is 3.18. The molecule has 0 fully saturated rings. The average molecular weight is 253 g/mol. The molecule has 0 saturated heterocycles. The highest BCUT2D eigenvalue weighted by atomic mass is 35.5. The van der Waals surface area contributed by atoms with Gasteiger partial charge in [0.05, 0.1) is 36.3 Å². The number of hydrogen-bond acceptors (Lipinski definition) is 4. The second-order valence-electron chi connectivity index (χ2n) is 3.54. The number of nitrogens with zero attached hydrogens (tertiary/aromatic N) is 3. The Morgan fingerprint density at radius 3 is 3.06 bits per heavy atom. The van der Waals surface area contributed by atoms with Gasteiger partial charge in [-0.25, -0.2) is 0 Å². The first-order valence-corrected chi connectivity index (χ1v) is 5.63. The quantitative estimate of drug-likeness (QED) is 0.847. The van der Waals surface area contributed by atoms with Crippen molar-refractivity contribution >= 4 is 17.3 Å². The Hall–Kier alpha value is -1.59. The third-order valence-corrected chi connectivity index (χ3v) is 2.60. The van der Waals surface area contributed by atoms with E-state index in [0.717, 1.165) is 11.3 Å². The van der Waals surface area contributed by atoms with Gasteiger partial charge < -0.3 is 10.4 Å². The molecular formula is C11H13ClN4O. The first-order valence-electron chi connectivity index (χ1n) is 5.25. The fraction of sp³-hybridized carbons (Fsp3) is 0.273. The second-order valence-corrected chi connectivity index (χ2v) is 3.95. The molecule has 0 spiro atoms. The van der Waals surface area contributed by atoms with Gasteiger partial charge in [0.15, 0.2) is 0 Å². The Morgan fingerprint density at radius 1 is 1.41 bits per heavy atom. The predicted molar refractivity (Wildman–Crippen MR) is 65.9 cm³/mol. The van der Waals surface area contributed by atoms with E-state index in [4.69, 9.17) is 16.7 Å². The summed E-state index contributed by atoms with van der Waals surface area (Å²) in [5.41, 5.74) is 1.82. The van der Waals surface area contributed by atoms with Gasteiger partial charge >= 0.3 is 0 Å². The summed E-state index contributed by atoms with van der Waals surface area (Å²) in [6.45, 7) is 1.22. The fourth-order valence-electron chi connectivity index (χ4n) is 1.43. The number of anilines is 1. The van der Waals surface area contributed by atoms with E-state index in [0.29, 0.717) is 18.1 Å². The van der Waals surface area contributed by atoms with Crippen molar-refractivity contribution in [2.75, 3.05) is 11.9 Å².